The van der Waals surface area contributed by atoms with Crippen LogP contribution in [-0.2, 0) is 11.2 Å². The molecule has 0 unspecified atom stereocenters. The summed E-state index contributed by atoms with van der Waals surface area (Å²) in [5.41, 5.74) is 2.22. The summed E-state index contributed by atoms with van der Waals surface area (Å²) in [6.45, 7) is 4.36. The van der Waals surface area contributed by atoms with Gasteiger partial charge in [0.2, 0.25) is 5.91 Å². The molecule has 2 nitrogen and oxygen atoms in total. The highest BCUT2D eigenvalue weighted by Crippen LogP contribution is 2.21. The third-order valence-corrected chi connectivity index (χ3v) is 3.45. The molecule has 1 atom stereocenters. The molecule has 0 aliphatic rings. The summed E-state index contributed by atoms with van der Waals surface area (Å²) in [4.78, 5) is 12.3. The molecule has 2 rings (SSSR count). The topological polar surface area (TPSA) is 29.1 Å². The van der Waals surface area contributed by atoms with Crippen molar-refractivity contribution in [2.24, 2.45) is 5.92 Å². The number of amides is 1. The van der Waals surface area contributed by atoms with Crippen LogP contribution in [0.2, 0.25) is 0 Å². The van der Waals surface area contributed by atoms with E-state index in [0.717, 1.165) is 12.0 Å². The lowest BCUT2D eigenvalue weighted by molar-refractivity contribution is -0.121. The van der Waals surface area contributed by atoms with Gasteiger partial charge in [-0.2, -0.15) is 0 Å². The third kappa shape index (κ3) is 5.07. The monoisotopic (exact) mass is 281 g/mol. The largest absolute Gasteiger partial charge is 0.349 e. The molecule has 0 aliphatic carbocycles. The Morgan fingerprint density at radius 2 is 1.52 bits per heavy atom. The van der Waals surface area contributed by atoms with Gasteiger partial charge in [-0.25, -0.2) is 0 Å². The van der Waals surface area contributed by atoms with E-state index >= 15 is 0 Å². The summed E-state index contributed by atoms with van der Waals surface area (Å²) in [6, 6.07) is 20.1. The smallest absolute Gasteiger partial charge is 0.224 e. The van der Waals surface area contributed by atoms with Crippen LogP contribution >= 0.6 is 0 Å². The van der Waals surface area contributed by atoms with Gasteiger partial charge in [-0.1, -0.05) is 74.5 Å². The SMILES string of the molecule is CC(C)C[C@H](NC(=O)Cc1ccccc1)c1ccccc1. The predicted octanol–water partition coefficient (Wildman–Crippen LogP) is 4.13. The van der Waals surface area contributed by atoms with E-state index in [-0.39, 0.29) is 11.9 Å². The Hall–Kier alpha value is -2.09. The van der Waals surface area contributed by atoms with Crippen molar-refractivity contribution < 1.29 is 4.79 Å². The molecule has 2 heteroatoms. The van der Waals surface area contributed by atoms with E-state index in [1.54, 1.807) is 0 Å². The number of rotatable bonds is 6. The third-order valence-electron chi connectivity index (χ3n) is 3.45. The van der Waals surface area contributed by atoms with Crippen LogP contribution in [0.3, 0.4) is 0 Å². The zero-order chi connectivity index (χ0) is 15.1. The summed E-state index contributed by atoms with van der Waals surface area (Å²) in [7, 11) is 0. The molecule has 0 saturated carbocycles. The normalized spacial score (nSPS) is 12.1. The molecule has 0 spiro atoms. The van der Waals surface area contributed by atoms with E-state index in [4.69, 9.17) is 0 Å². The molecule has 0 radical (unpaired) electrons. The van der Waals surface area contributed by atoms with Gasteiger partial charge in [0.25, 0.3) is 0 Å². The Balaban J connectivity index is 2.03. The molecule has 1 amide bonds. The van der Waals surface area contributed by atoms with Crippen LogP contribution < -0.4 is 5.32 Å². The van der Waals surface area contributed by atoms with Crippen LogP contribution in [0, 0.1) is 5.92 Å². The van der Waals surface area contributed by atoms with Crippen LogP contribution in [-0.4, -0.2) is 5.91 Å². The first-order valence-electron chi connectivity index (χ1n) is 7.53. The maximum absolute atomic E-state index is 12.3. The van der Waals surface area contributed by atoms with Crippen molar-refractivity contribution in [3.63, 3.8) is 0 Å². The lowest BCUT2D eigenvalue weighted by Crippen LogP contribution is -2.30. The van der Waals surface area contributed by atoms with E-state index in [9.17, 15) is 4.79 Å². The second-order valence-electron chi connectivity index (χ2n) is 5.82. The quantitative estimate of drug-likeness (QED) is 0.847. The second-order valence-corrected chi connectivity index (χ2v) is 5.82. The van der Waals surface area contributed by atoms with Crippen LogP contribution in [0.15, 0.2) is 60.7 Å². The first-order valence-corrected chi connectivity index (χ1v) is 7.53. The highest BCUT2D eigenvalue weighted by Gasteiger charge is 2.16. The van der Waals surface area contributed by atoms with Crippen LogP contribution in [0.5, 0.6) is 0 Å². The van der Waals surface area contributed by atoms with E-state index in [1.165, 1.54) is 5.56 Å². The van der Waals surface area contributed by atoms with Gasteiger partial charge in [0.05, 0.1) is 12.5 Å². The molecule has 0 heterocycles. The Labute approximate surface area is 127 Å². The Kier molecular flexibility index (Phi) is 5.56. The number of hydrogen-bond acceptors (Lipinski definition) is 1. The zero-order valence-corrected chi connectivity index (χ0v) is 12.8. The fourth-order valence-electron chi connectivity index (χ4n) is 2.46. The maximum Gasteiger partial charge on any atom is 0.224 e. The second kappa shape index (κ2) is 7.63. The molecule has 110 valence electrons. The lowest BCUT2D eigenvalue weighted by atomic mass is 9.96. The molecule has 0 fully saturated rings. The van der Waals surface area contributed by atoms with Crippen molar-refractivity contribution in [2.45, 2.75) is 32.7 Å². The van der Waals surface area contributed by atoms with Gasteiger partial charge in [-0.05, 0) is 23.5 Å². The molecular weight excluding hydrogens is 258 g/mol. The van der Waals surface area contributed by atoms with Gasteiger partial charge < -0.3 is 5.32 Å². The minimum Gasteiger partial charge on any atom is -0.349 e. The minimum absolute atomic E-state index is 0.0794. The number of hydrogen-bond donors (Lipinski definition) is 1. The van der Waals surface area contributed by atoms with E-state index in [1.807, 2.05) is 48.5 Å². The van der Waals surface area contributed by atoms with Gasteiger partial charge in [0, 0.05) is 0 Å². The number of carbonyl (C=O) groups excluding carboxylic acids is 1. The lowest BCUT2D eigenvalue weighted by Gasteiger charge is -2.21. The highest BCUT2D eigenvalue weighted by molar-refractivity contribution is 5.79. The number of nitrogens with one attached hydrogen (secondary N) is 1. The zero-order valence-electron chi connectivity index (χ0n) is 12.8. The highest BCUT2D eigenvalue weighted by atomic mass is 16.1. The maximum atomic E-state index is 12.3. The molecule has 21 heavy (non-hydrogen) atoms. The standard InChI is InChI=1S/C19H23NO/c1-15(2)13-18(17-11-7-4-8-12-17)20-19(21)14-16-9-5-3-6-10-16/h3-12,15,18H,13-14H2,1-2H3,(H,20,21)/t18-/m0/s1. The summed E-state index contributed by atoms with van der Waals surface area (Å²) >= 11 is 0. The first kappa shape index (κ1) is 15.3. The van der Waals surface area contributed by atoms with Crippen molar-refractivity contribution in [1.82, 2.24) is 5.32 Å². The molecular formula is C19H23NO. The van der Waals surface area contributed by atoms with Gasteiger partial charge in [-0.15, -0.1) is 0 Å². The summed E-state index contributed by atoms with van der Waals surface area (Å²) in [5.74, 6) is 0.614. The molecule has 0 saturated heterocycles. The summed E-state index contributed by atoms with van der Waals surface area (Å²) in [6.07, 6.45) is 1.38. The number of benzene rings is 2. The average Bonchev–Trinajstić information content (AvgIpc) is 2.48. The van der Waals surface area contributed by atoms with Crippen molar-refractivity contribution in [1.29, 1.82) is 0 Å². The van der Waals surface area contributed by atoms with E-state index in [2.05, 4.69) is 31.3 Å². The van der Waals surface area contributed by atoms with Crippen LogP contribution in [0.4, 0.5) is 0 Å². The molecule has 2 aromatic carbocycles. The molecule has 0 aromatic heterocycles. The van der Waals surface area contributed by atoms with Gasteiger partial charge in [0.1, 0.15) is 0 Å². The van der Waals surface area contributed by atoms with Crippen molar-refractivity contribution >= 4 is 5.91 Å². The van der Waals surface area contributed by atoms with Crippen LogP contribution in [0.25, 0.3) is 0 Å². The molecule has 0 aliphatic heterocycles. The molecule has 1 N–H and O–H groups in total. The predicted molar refractivity (Wildman–Crippen MR) is 86.9 cm³/mol. The Morgan fingerprint density at radius 1 is 0.952 bits per heavy atom. The summed E-state index contributed by atoms with van der Waals surface area (Å²) < 4.78 is 0. The number of carbonyl (C=O) groups is 1. The summed E-state index contributed by atoms with van der Waals surface area (Å²) in [5, 5.41) is 3.17. The van der Waals surface area contributed by atoms with Gasteiger partial charge >= 0.3 is 0 Å². The average molecular weight is 281 g/mol. The Bertz CT molecular complexity index is 548. The van der Waals surface area contributed by atoms with Gasteiger partial charge in [0.15, 0.2) is 0 Å². The van der Waals surface area contributed by atoms with E-state index in [0.29, 0.717) is 12.3 Å². The van der Waals surface area contributed by atoms with Crippen molar-refractivity contribution in [2.75, 3.05) is 0 Å². The van der Waals surface area contributed by atoms with Crippen molar-refractivity contribution in [3.05, 3.63) is 71.8 Å². The fraction of sp³-hybridized carbons (Fsp3) is 0.316. The van der Waals surface area contributed by atoms with Crippen molar-refractivity contribution in [3.8, 4) is 0 Å². The van der Waals surface area contributed by atoms with Crippen LogP contribution in [0.1, 0.15) is 37.4 Å². The van der Waals surface area contributed by atoms with Gasteiger partial charge in [-0.3, -0.25) is 4.79 Å². The fourth-order valence-corrected chi connectivity index (χ4v) is 2.46. The molecule has 0 bridgehead atoms. The Morgan fingerprint density at radius 3 is 2.10 bits per heavy atom. The molecule has 2 aromatic rings. The van der Waals surface area contributed by atoms with E-state index < -0.39 is 0 Å². The first-order chi connectivity index (χ1) is 10.1. The minimum atomic E-state index is 0.0794.